The van der Waals surface area contributed by atoms with Crippen molar-refractivity contribution in [2.75, 3.05) is 13.7 Å². The minimum Gasteiger partial charge on any atom is -0.493 e. The molecule has 0 fully saturated rings. The number of carbonyl (C=O) groups excluding carboxylic acids is 1. The number of hydrogen-bond acceptors (Lipinski definition) is 7. The van der Waals surface area contributed by atoms with E-state index in [0.717, 1.165) is 4.47 Å². The van der Waals surface area contributed by atoms with Crippen molar-refractivity contribution in [3.05, 3.63) is 61.6 Å². The average molecular weight is 537 g/mol. The first-order valence-corrected chi connectivity index (χ1v) is 11.4. The SMILES string of the molecule is CCc1nc2ccc(Br)cc2c(=O)n1N=Cc1cc(Cl)c(OCC(=O)OC(C)C)c(OC)c1. The topological polar surface area (TPSA) is 92.0 Å². The van der Waals surface area contributed by atoms with Crippen molar-refractivity contribution in [1.29, 1.82) is 0 Å². The molecule has 10 heteroatoms. The highest BCUT2D eigenvalue weighted by Gasteiger charge is 2.15. The number of fused-ring (bicyclic) bond motifs is 1. The highest BCUT2D eigenvalue weighted by molar-refractivity contribution is 9.10. The number of aryl methyl sites for hydroxylation is 1. The van der Waals surface area contributed by atoms with Gasteiger partial charge in [-0.15, -0.1) is 0 Å². The van der Waals surface area contributed by atoms with E-state index in [2.05, 4.69) is 26.0 Å². The lowest BCUT2D eigenvalue weighted by atomic mass is 10.2. The largest absolute Gasteiger partial charge is 0.493 e. The summed E-state index contributed by atoms with van der Waals surface area (Å²) in [6, 6.07) is 8.57. The second-order valence-electron chi connectivity index (χ2n) is 7.27. The summed E-state index contributed by atoms with van der Waals surface area (Å²) in [4.78, 5) is 29.4. The van der Waals surface area contributed by atoms with Gasteiger partial charge >= 0.3 is 5.97 Å². The van der Waals surface area contributed by atoms with Crippen LogP contribution in [-0.2, 0) is 16.0 Å². The first-order valence-electron chi connectivity index (χ1n) is 10.2. The zero-order chi connectivity index (χ0) is 24.1. The number of esters is 1. The number of rotatable bonds is 8. The second kappa shape index (κ2) is 10.8. The van der Waals surface area contributed by atoms with E-state index in [4.69, 9.17) is 25.8 Å². The number of ether oxygens (including phenoxy) is 3. The molecular formula is C23H23BrClN3O5. The molecule has 33 heavy (non-hydrogen) atoms. The van der Waals surface area contributed by atoms with E-state index in [0.29, 0.717) is 34.5 Å². The van der Waals surface area contributed by atoms with Crippen LogP contribution in [0.2, 0.25) is 5.02 Å². The number of nitrogens with zero attached hydrogens (tertiary/aromatic N) is 3. The third-order valence-corrected chi connectivity index (χ3v) is 5.24. The Labute approximate surface area is 204 Å². The maximum Gasteiger partial charge on any atom is 0.344 e. The van der Waals surface area contributed by atoms with Gasteiger partial charge in [0.2, 0.25) is 0 Å². The second-order valence-corrected chi connectivity index (χ2v) is 8.59. The zero-order valence-electron chi connectivity index (χ0n) is 18.6. The molecule has 0 radical (unpaired) electrons. The van der Waals surface area contributed by atoms with Gasteiger partial charge < -0.3 is 14.2 Å². The van der Waals surface area contributed by atoms with Crippen LogP contribution < -0.4 is 15.0 Å². The van der Waals surface area contributed by atoms with Gasteiger partial charge in [0.05, 0.1) is 35.4 Å². The molecule has 0 spiro atoms. The standard InChI is InChI=1S/C23H23BrClN3O5/c1-5-20-27-18-7-6-15(24)10-16(18)23(30)28(20)26-11-14-8-17(25)22(19(9-14)31-4)32-12-21(29)33-13(2)3/h6-11,13H,5,12H2,1-4H3. The summed E-state index contributed by atoms with van der Waals surface area (Å²) in [5.41, 5.74) is 0.891. The van der Waals surface area contributed by atoms with E-state index in [1.54, 1.807) is 38.1 Å². The maximum atomic E-state index is 13.0. The monoisotopic (exact) mass is 535 g/mol. The number of benzene rings is 2. The molecule has 0 N–H and O–H groups in total. The van der Waals surface area contributed by atoms with Crippen LogP contribution in [0.4, 0.5) is 0 Å². The highest BCUT2D eigenvalue weighted by atomic mass is 79.9. The Hall–Kier alpha value is -2.91. The van der Waals surface area contributed by atoms with E-state index in [9.17, 15) is 9.59 Å². The maximum absolute atomic E-state index is 13.0. The number of aromatic nitrogens is 2. The third-order valence-electron chi connectivity index (χ3n) is 4.47. The molecule has 3 aromatic rings. The molecule has 0 aliphatic heterocycles. The zero-order valence-corrected chi connectivity index (χ0v) is 20.9. The molecule has 0 bridgehead atoms. The fourth-order valence-corrected chi connectivity index (χ4v) is 3.68. The first kappa shape index (κ1) is 24.7. The van der Waals surface area contributed by atoms with Crippen LogP contribution in [0, 0.1) is 0 Å². The molecule has 0 atom stereocenters. The van der Waals surface area contributed by atoms with E-state index < -0.39 is 5.97 Å². The van der Waals surface area contributed by atoms with E-state index in [1.165, 1.54) is 18.0 Å². The number of hydrogen-bond donors (Lipinski definition) is 0. The van der Waals surface area contributed by atoms with E-state index in [1.807, 2.05) is 13.0 Å². The predicted octanol–water partition coefficient (Wildman–Crippen LogP) is 4.60. The van der Waals surface area contributed by atoms with Crippen molar-refractivity contribution >= 4 is 50.6 Å². The van der Waals surface area contributed by atoms with Crippen molar-refractivity contribution in [1.82, 2.24) is 9.66 Å². The Bertz CT molecular complexity index is 1270. The van der Waals surface area contributed by atoms with Crippen LogP contribution in [0.3, 0.4) is 0 Å². The summed E-state index contributed by atoms with van der Waals surface area (Å²) in [7, 11) is 1.46. The van der Waals surface area contributed by atoms with E-state index in [-0.39, 0.29) is 29.0 Å². The Morgan fingerprint density at radius 2 is 2.06 bits per heavy atom. The smallest absolute Gasteiger partial charge is 0.344 e. The number of methoxy groups -OCH3 is 1. The van der Waals surface area contributed by atoms with E-state index >= 15 is 0 Å². The number of halogens is 2. The summed E-state index contributed by atoms with van der Waals surface area (Å²) in [6.45, 7) is 5.08. The molecule has 0 saturated carbocycles. The van der Waals surface area contributed by atoms with Crippen LogP contribution in [-0.4, -0.2) is 41.7 Å². The van der Waals surface area contributed by atoms with Crippen LogP contribution in [0.1, 0.15) is 32.2 Å². The summed E-state index contributed by atoms with van der Waals surface area (Å²) in [6.07, 6.45) is 1.75. The van der Waals surface area contributed by atoms with Gasteiger partial charge in [-0.2, -0.15) is 9.78 Å². The highest BCUT2D eigenvalue weighted by Crippen LogP contribution is 2.36. The van der Waals surface area contributed by atoms with Crippen molar-refractivity contribution < 1.29 is 19.0 Å². The Balaban J connectivity index is 1.94. The summed E-state index contributed by atoms with van der Waals surface area (Å²) >= 11 is 9.75. The third kappa shape index (κ3) is 5.91. The van der Waals surface area contributed by atoms with Crippen molar-refractivity contribution in [3.63, 3.8) is 0 Å². The minimum absolute atomic E-state index is 0.209. The molecule has 2 aromatic carbocycles. The van der Waals surface area contributed by atoms with Gasteiger partial charge in [0.25, 0.3) is 5.56 Å². The van der Waals surface area contributed by atoms with Gasteiger partial charge in [0, 0.05) is 10.9 Å². The Morgan fingerprint density at radius 1 is 1.30 bits per heavy atom. The van der Waals surface area contributed by atoms with Crippen LogP contribution >= 0.6 is 27.5 Å². The van der Waals surface area contributed by atoms with Crippen LogP contribution in [0.25, 0.3) is 10.9 Å². The van der Waals surface area contributed by atoms with Crippen molar-refractivity contribution in [3.8, 4) is 11.5 Å². The summed E-state index contributed by atoms with van der Waals surface area (Å²) < 4.78 is 18.0. The lowest BCUT2D eigenvalue weighted by molar-refractivity contribution is -0.149. The molecule has 1 heterocycles. The van der Waals surface area contributed by atoms with Gasteiger partial charge in [-0.05, 0) is 49.7 Å². The Morgan fingerprint density at radius 3 is 2.73 bits per heavy atom. The normalized spacial score (nSPS) is 11.4. The van der Waals surface area contributed by atoms with Gasteiger partial charge in [0.1, 0.15) is 5.82 Å². The van der Waals surface area contributed by atoms with Crippen LogP contribution in [0.15, 0.2) is 44.7 Å². The summed E-state index contributed by atoms with van der Waals surface area (Å²) in [5, 5.41) is 5.02. The first-order chi connectivity index (χ1) is 15.7. The molecule has 0 aliphatic carbocycles. The van der Waals surface area contributed by atoms with Crippen molar-refractivity contribution in [2.24, 2.45) is 5.10 Å². The van der Waals surface area contributed by atoms with Crippen molar-refractivity contribution in [2.45, 2.75) is 33.3 Å². The fourth-order valence-electron chi connectivity index (χ4n) is 3.05. The molecule has 0 unspecified atom stereocenters. The van der Waals surface area contributed by atoms with Gasteiger partial charge in [-0.1, -0.05) is 34.5 Å². The molecule has 3 rings (SSSR count). The Kier molecular flexibility index (Phi) is 8.10. The quantitative estimate of drug-likeness (QED) is 0.309. The lowest BCUT2D eigenvalue weighted by Gasteiger charge is -2.14. The minimum atomic E-state index is -0.518. The molecular weight excluding hydrogens is 514 g/mol. The molecule has 174 valence electrons. The molecule has 8 nitrogen and oxygen atoms in total. The van der Waals surface area contributed by atoms with Gasteiger partial charge in [-0.25, -0.2) is 9.78 Å². The predicted molar refractivity (Wildman–Crippen MR) is 131 cm³/mol. The molecule has 0 saturated heterocycles. The number of carbonyl (C=O) groups is 1. The average Bonchev–Trinajstić information content (AvgIpc) is 2.77. The lowest BCUT2D eigenvalue weighted by Crippen LogP contribution is -2.22. The molecule has 0 aliphatic rings. The molecule has 1 aromatic heterocycles. The molecule has 0 amide bonds. The fraction of sp³-hybridized carbons (Fsp3) is 0.304. The van der Waals surface area contributed by atoms with Gasteiger partial charge in [-0.3, -0.25) is 4.79 Å². The summed E-state index contributed by atoms with van der Waals surface area (Å²) in [5.74, 6) is 0.522. The van der Waals surface area contributed by atoms with Crippen LogP contribution in [0.5, 0.6) is 11.5 Å². The van der Waals surface area contributed by atoms with Gasteiger partial charge in [0.15, 0.2) is 18.1 Å².